The van der Waals surface area contributed by atoms with Crippen LogP contribution in [0, 0.1) is 17.8 Å². The van der Waals surface area contributed by atoms with E-state index in [0.717, 1.165) is 12.8 Å². The number of carbonyl (C=O) groups excluding carboxylic acids is 2. The van der Waals surface area contributed by atoms with Crippen LogP contribution in [0.5, 0.6) is 0 Å². The van der Waals surface area contributed by atoms with Crippen molar-refractivity contribution < 1.29 is 19.5 Å². The zero-order valence-electron chi connectivity index (χ0n) is 9.96. The number of carboxylic acid groups (broad SMARTS) is 1. The zero-order chi connectivity index (χ0) is 12.9. The summed E-state index contributed by atoms with van der Waals surface area (Å²) in [6.07, 6.45) is 2.95. The van der Waals surface area contributed by atoms with Gasteiger partial charge in [-0.2, -0.15) is 0 Å². The number of piperazine rings is 1. The zero-order valence-corrected chi connectivity index (χ0v) is 9.96. The van der Waals surface area contributed by atoms with Crippen LogP contribution < -0.4 is 5.32 Å². The topological polar surface area (TPSA) is 86.7 Å². The first-order valence-corrected chi connectivity index (χ1v) is 6.36. The molecular formula is C12H16N2O4. The highest BCUT2D eigenvalue weighted by Crippen LogP contribution is 2.54. The van der Waals surface area contributed by atoms with Crippen LogP contribution in [0.15, 0.2) is 0 Å². The van der Waals surface area contributed by atoms with Gasteiger partial charge in [0.2, 0.25) is 11.8 Å². The van der Waals surface area contributed by atoms with Crippen molar-refractivity contribution >= 4 is 17.8 Å². The molecule has 2 aliphatic carbocycles. The molecule has 2 N–H and O–H groups in total. The lowest BCUT2D eigenvalue weighted by Gasteiger charge is -2.34. The van der Waals surface area contributed by atoms with Crippen molar-refractivity contribution in [3.05, 3.63) is 0 Å². The Morgan fingerprint density at radius 3 is 2.50 bits per heavy atom. The monoisotopic (exact) mass is 252 g/mol. The van der Waals surface area contributed by atoms with Gasteiger partial charge in [0.1, 0.15) is 12.6 Å². The number of hydrogen-bond acceptors (Lipinski definition) is 3. The van der Waals surface area contributed by atoms with Crippen molar-refractivity contribution in [1.82, 2.24) is 10.2 Å². The van der Waals surface area contributed by atoms with Gasteiger partial charge in [0, 0.05) is 12.5 Å². The van der Waals surface area contributed by atoms with E-state index in [0.29, 0.717) is 11.8 Å². The smallest absolute Gasteiger partial charge is 0.328 e. The lowest BCUT2D eigenvalue weighted by Crippen LogP contribution is -2.60. The first-order chi connectivity index (χ1) is 8.56. The average Bonchev–Trinajstić information content (AvgIpc) is 2.94. The number of hydrogen-bond donors (Lipinski definition) is 2. The number of fused-ring (bicyclic) bond motifs is 1. The summed E-state index contributed by atoms with van der Waals surface area (Å²) in [4.78, 5) is 36.0. The van der Waals surface area contributed by atoms with Crippen LogP contribution in [-0.2, 0) is 14.4 Å². The third kappa shape index (κ3) is 1.85. The van der Waals surface area contributed by atoms with Crippen molar-refractivity contribution in [2.24, 2.45) is 17.8 Å². The standard InChI is InChI=1S/C12H16N2O4/c15-10-5-14(9(4-13-10)12(17)18)11(16)8-2-6-1-7(6)3-8/h6-9H,1-5H2,(H,13,15)(H,17,18). The second-order valence-electron chi connectivity index (χ2n) is 5.55. The lowest BCUT2D eigenvalue weighted by atomic mass is 10.00. The number of carbonyl (C=O) groups is 3. The van der Waals surface area contributed by atoms with Gasteiger partial charge in [-0.25, -0.2) is 4.79 Å². The van der Waals surface area contributed by atoms with E-state index >= 15 is 0 Å². The number of nitrogens with one attached hydrogen (secondary N) is 1. The Balaban J connectivity index is 1.72. The third-order valence-corrected chi connectivity index (χ3v) is 4.34. The highest BCUT2D eigenvalue weighted by molar-refractivity contribution is 5.92. The summed E-state index contributed by atoms with van der Waals surface area (Å²) in [6.45, 7) is -0.110. The second-order valence-corrected chi connectivity index (χ2v) is 5.55. The number of amides is 2. The summed E-state index contributed by atoms with van der Waals surface area (Å²) in [5.74, 6) is -0.205. The van der Waals surface area contributed by atoms with Gasteiger partial charge in [-0.05, 0) is 31.1 Å². The minimum atomic E-state index is -1.05. The molecule has 0 radical (unpaired) electrons. The fourth-order valence-corrected chi connectivity index (χ4v) is 3.24. The first kappa shape index (κ1) is 11.5. The molecule has 1 saturated heterocycles. The third-order valence-electron chi connectivity index (χ3n) is 4.34. The van der Waals surface area contributed by atoms with Crippen molar-refractivity contribution in [3.63, 3.8) is 0 Å². The fourth-order valence-electron chi connectivity index (χ4n) is 3.24. The van der Waals surface area contributed by atoms with Gasteiger partial charge in [0.15, 0.2) is 0 Å². The van der Waals surface area contributed by atoms with Crippen LogP contribution >= 0.6 is 0 Å². The minimum Gasteiger partial charge on any atom is -0.480 e. The molecule has 3 atom stereocenters. The minimum absolute atomic E-state index is 0.0134. The van der Waals surface area contributed by atoms with Crippen LogP contribution in [0.4, 0.5) is 0 Å². The largest absolute Gasteiger partial charge is 0.480 e. The van der Waals surface area contributed by atoms with Crippen LogP contribution in [0.1, 0.15) is 19.3 Å². The van der Waals surface area contributed by atoms with Crippen LogP contribution in [-0.4, -0.2) is 46.9 Å². The van der Waals surface area contributed by atoms with E-state index in [1.165, 1.54) is 11.3 Å². The molecule has 0 bridgehead atoms. The summed E-state index contributed by atoms with van der Waals surface area (Å²) in [6, 6.07) is -0.910. The Kier molecular flexibility index (Phi) is 2.53. The number of rotatable bonds is 2. The highest BCUT2D eigenvalue weighted by Gasteiger charge is 2.50. The molecule has 3 fully saturated rings. The molecule has 1 aliphatic heterocycles. The number of carboxylic acids is 1. The van der Waals surface area contributed by atoms with E-state index in [1.807, 2.05) is 0 Å². The molecule has 2 amide bonds. The van der Waals surface area contributed by atoms with E-state index < -0.39 is 12.0 Å². The van der Waals surface area contributed by atoms with Gasteiger partial charge >= 0.3 is 5.97 Å². The van der Waals surface area contributed by atoms with Crippen LogP contribution in [0.2, 0.25) is 0 Å². The maximum Gasteiger partial charge on any atom is 0.328 e. The van der Waals surface area contributed by atoms with E-state index in [1.54, 1.807) is 0 Å². The molecule has 6 heteroatoms. The Morgan fingerprint density at radius 2 is 1.89 bits per heavy atom. The van der Waals surface area contributed by atoms with Gasteiger partial charge in [-0.15, -0.1) is 0 Å². The maximum absolute atomic E-state index is 12.3. The van der Waals surface area contributed by atoms with Gasteiger partial charge in [-0.1, -0.05) is 0 Å². The van der Waals surface area contributed by atoms with Crippen molar-refractivity contribution in [3.8, 4) is 0 Å². The number of aliphatic carboxylic acids is 1. The molecule has 0 aromatic rings. The molecule has 0 spiro atoms. The Bertz CT molecular complexity index is 412. The summed E-state index contributed by atoms with van der Waals surface area (Å²) in [5.41, 5.74) is 0. The average molecular weight is 252 g/mol. The van der Waals surface area contributed by atoms with E-state index in [4.69, 9.17) is 5.11 Å². The molecule has 3 unspecified atom stereocenters. The Hall–Kier alpha value is -1.59. The van der Waals surface area contributed by atoms with E-state index in [2.05, 4.69) is 5.32 Å². The molecule has 0 aromatic carbocycles. The molecule has 6 nitrogen and oxygen atoms in total. The Labute approximate surface area is 104 Å². The summed E-state index contributed by atoms with van der Waals surface area (Å²) >= 11 is 0. The summed E-state index contributed by atoms with van der Waals surface area (Å²) < 4.78 is 0. The maximum atomic E-state index is 12.3. The highest BCUT2D eigenvalue weighted by atomic mass is 16.4. The number of nitrogens with zero attached hydrogens (tertiary/aromatic N) is 1. The summed E-state index contributed by atoms with van der Waals surface area (Å²) in [5, 5.41) is 11.6. The van der Waals surface area contributed by atoms with E-state index in [9.17, 15) is 14.4 Å². The summed E-state index contributed by atoms with van der Waals surface area (Å²) in [7, 11) is 0. The molecule has 98 valence electrons. The van der Waals surface area contributed by atoms with Crippen LogP contribution in [0.25, 0.3) is 0 Å². The SMILES string of the molecule is O=C1CN(C(=O)C2CC3CC3C2)C(C(=O)O)CN1. The normalized spacial score (nSPS) is 38.0. The first-order valence-electron chi connectivity index (χ1n) is 6.36. The van der Waals surface area contributed by atoms with Gasteiger partial charge < -0.3 is 15.3 Å². The predicted molar refractivity (Wildman–Crippen MR) is 60.5 cm³/mol. The molecular weight excluding hydrogens is 236 g/mol. The fraction of sp³-hybridized carbons (Fsp3) is 0.750. The van der Waals surface area contributed by atoms with Gasteiger partial charge in [0.05, 0.1) is 0 Å². The molecule has 18 heavy (non-hydrogen) atoms. The van der Waals surface area contributed by atoms with Crippen molar-refractivity contribution in [2.45, 2.75) is 25.3 Å². The molecule has 0 aromatic heterocycles. The molecule has 2 saturated carbocycles. The lowest BCUT2D eigenvalue weighted by molar-refractivity contribution is -0.156. The molecule has 3 aliphatic rings. The van der Waals surface area contributed by atoms with Gasteiger partial charge in [0.25, 0.3) is 0 Å². The van der Waals surface area contributed by atoms with Crippen molar-refractivity contribution in [2.75, 3.05) is 13.1 Å². The van der Waals surface area contributed by atoms with Gasteiger partial charge in [-0.3, -0.25) is 9.59 Å². The second kappa shape index (κ2) is 3.96. The predicted octanol–water partition coefficient (Wildman–Crippen LogP) is -0.556. The quantitative estimate of drug-likeness (QED) is 0.690. The van der Waals surface area contributed by atoms with E-state index in [-0.39, 0.29) is 30.8 Å². The Morgan fingerprint density at radius 1 is 1.22 bits per heavy atom. The molecule has 1 heterocycles. The van der Waals surface area contributed by atoms with Crippen LogP contribution in [0.3, 0.4) is 0 Å². The molecule has 3 rings (SSSR count). The van der Waals surface area contributed by atoms with Crippen molar-refractivity contribution in [1.29, 1.82) is 0 Å².